The number of rotatable bonds is 2. The molecule has 1 aromatic heterocycles. The Bertz CT molecular complexity index is 518. The maximum absolute atomic E-state index is 12.1. The summed E-state index contributed by atoms with van der Waals surface area (Å²) in [6, 6.07) is 1.50. The van der Waals surface area contributed by atoms with E-state index in [1.54, 1.807) is 7.05 Å². The highest BCUT2D eigenvalue weighted by molar-refractivity contribution is 5.98. The van der Waals surface area contributed by atoms with Crippen LogP contribution >= 0.6 is 0 Å². The minimum absolute atomic E-state index is 0.237. The summed E-state index contributed by atoms with van der Waals surface area (Å²) in [6.07, 6.45) is 0. The molecule has 1 rings (SSSR count). The smallest absolute Gasteiger partial charge is 0.272 e. The maximum atomic E-state index is 12.1. The normalized spacial score (nSPS) is 12.2. The van der Waals surface area contributed by atoms with Gasteiger partial charge < -0.3 is 10.6 Å². The highest BCUT2D eigenvalue weighted by Gasteiger charge is 2.23. The van der Waals surface area contributed by atoms with Crippen LogP contribution in [0.15, 0.2) is 6.07 Å². The molecule has 1 heterocycles. The summed E-state index contributed by atoms with van der Waals surface area (Å²) >= 11 is 0. The van der Waals surface area contributed by atoms with E-state index in [1.807, 2.05) is 41.5 Å². The van der Waals surface area contributed by atoms with Gasteiger partial charge in [0.1, 0.15) is 5.69 Å². The quantitative estimate of drug-likeness (QED) is 0.861. The standard InChI is InChI=1S/C14H24N4O2/c1-13(2,3)15-11(19)9-8-10(18(7)17-9)12(20)16-14(4,5)6/h8H,1-7H3,(H,15,19)(H,16,20). The van der Waals surface area contributed by atoms with Gasteiger partial charge in [0.15, 0.2) is 5.69 Å². The summed E-state index contributed by atoms with van der Waals surface area (Å²) in [5.74, 6) is -0.537. The Balaban J connectivity index is 2.93. The zero-order valence-electron chi connectivity index (χ0n) is 13.3. The predicted octanol–water partition coefficient (Wildman–Crippen LogP) is 1.48. The summed E-state index contributed by atoms with van der Waals surface area (Å²) in [6.45, 7) is 11.4. The molecule has 20 heavy (non-hydrogen) atoms. The van der Waals surface area contributed by atoms with E-state index in [0.29, 0.717) is 5.69 Å². The molecule has 0 bridgehead atoms. The zero-order valence-corrected chi connectivity index (χ0v) is 13.3. The Morgan fingerprint density at radius 3 is 1.90 bits per heavy atom. The molecule has 0 aliphatic rings. The molecule has 0 spiro atoms. The lowest BCUT2D eigenvalue weighted by Gasteiger charge is -2.20. The van der Waals surface area contributed by atoms with Gasteiger partial charge in [-0.2, -0.15) is 5.10 Å². The van der Waals surface area contributed by atoms with Crippen LogP contribution in [-0.4, -0.2) is 32.7 Å². The first-order valence-electron chi connectivity index (χ1n) is 6.58. The van der Waals surface area contributed by atoms with E-state index in [2.05, 4.69) is 15.7 Å². The fourth-order valence-electron chi connectivity index (χ4n) is 1.60. The number of nitrogens with one attached hydrogen (secondary N) is 2. The van der Waals surface area contributed by atoms with E-state index in [9.17, 15) is 9.59 Å². The second kappa shape index (κ2) is 5.26. The fourth-order valence-corrected chi connectivity index (χ4v) is 1.60. The molecule has 0 saturated heterocycles. The van der Waals surface area contributed by atoms with Crippen LogP contribution < -0.4 is 10.6 Å². The van der Waals surface area contributed by atoms with Crippen LogP contribution in [0.3, 0.4) is 0 Å². The first-order valence-corrected chi connectivity index (χ1v) is 6.58. The van der Waals surface area contributed by atoms with Crippen LogP contribution in [0.25, 0.3) is 0 Å². The lowest BCUT2D eigenvalue weighted by Crippen LogP contribution is -2.41. The van der Waals surface area contributed by atoms with Gasteiger partial charge in [-0.3, -0.25) is 14.3 Å². The Kier molecular flexibility index (Phi) is 4.27. The number of hydrogen-bond donors (Lipinski definition) is 2. The van der Waals surface area contributed by atoms with Gasteiger partial charge in [-0.25, -0.2) is 0 Å². The number of carbonyl (C=O) groups is 2. The molecule has 0 unspecified atom stereocenters. The molecule has 2 N–H and O–H groups in total. The highest BCUT2D eigenvalue weighted by atomic mass is 16.2. The average Bonchev–Trinajstić information content (AvgIpc) is 2.55. The van der Waals surface area contributed by atoms with E-state index >= 15 is 0 Å². The minimum Gasteiger partial charge on any atom is -0.346 e. The van der Waals surface area contributed by atoms with Crippen LogP contribution in [0.2, 0.25) is 0 Å². The zero-order chi connectivity index (χ0) is 15.7. The molecular formula is C14H24N4O2. The van der Waals surface area contributed by atoms with Crippen molar-refractivity contribution in [2.24, 2.45) is 7.05 Å². The highest BCUT2D eigenvalue weighted by Crippen LogP contribution is 2.08. The lowest BCUT2D eigenvalue weighted by molar-refractivity contribution is 0.0903. The molecule has 0 fully saturated rings. The summed E-state index contributed by atoms with van der Waals surface area (Å²) < 4.78 is 1.42. The van der Waals surface area contributed by atoms with Crippen LogP contribution in [0.5, 0.6) is 0 Å². The number of aryl methyl sites for hydroxylation is 1. The molecular weight excluding hydrogens is 256 g/mol. The average molecular weight is 280 g/mol. The predicted molar refractivity (Wildman–Crippen MR) is 77.6 cm³/mol. The lowest BCUT2D eigenvalue weighted by atomic mass is 10.1. The largest absolute Gasteiger partial charge is 0.346 e. The van der Waals surface area contributed by atoms with Gasteiger partial charge in [0.25, 0.3) is 11.8 Å². The molecule has 2 amide bonds. The van der Waals surface area contributed by atoms with E-state index in [-0.39, 0.29) is 28.6 Å². The fraction of sp³-hybridized carbons (Fsp3) is 0.643. The van der Waals surface area contributed by atoms with Gasteiger partial charge in [-0.15, -0.1) is 0 Å². The maximum Gasteiger partial charge on any atom is 0.272 e. The molecule has 0 aliphatic carbocycles. The van der Waals surface area contributed by atoms with Crippen molar-refractivity contribution in [3.63, 3.8) is 0 Å². The third-order valence-corrected chi connectivity index (χ3v) is 2.32. The third kappa shape index (κ3) is 4.68. The second-order valence-corrected chi connectivity index (χ2v) is 6.95. The van der Waals surface area contributed by atoms with Crippen LogP contribution in [-0.2, 0) is 7.05 Å². The Morgan fingerprint density at radius 2 is 1.45 bits per heavy atom. The molecule has 112 valence electrons. The Hall–Kier alpha value is -1.85. The second-order valence-electron chi connectivity index (χ2n) is 6.95. The SMILES string of the molecule is Cn1nc(C(=O)NC(C)(C)C)cc1C(=O)NC(C)(C)C. The molecule has 0 saturated carbocycles. The van der Waals surface area contributed by atoms with Crippen LogP contribution in [0, 0.1) is 0 Å². The van der Waals surface area contributed by atoms with Crippen LogP contribution in [0.1, 0.15) is 62.5 Å². The first-order chi connectivity index (χ1) is 8.89. The number of hydrogen-bond acceptors (Lipinski definition) is 3. The Labute approximate surface area is 119 Å². The molecule has 0 aliphatic heterocycles. The van der Waals surface area contributed by atoms with E-state index in [4.69, 9.17) is 0 Å². The van der Waals surface area contributed by atoms with Crippen molar-refractivity contribution in [2.75, 3.05) is 0 Å². The summed E-state index contributed by atoms with van der Waals surface area (Å²) in [5, 5.41) is 9.75. The van der Waals surface area contributed by atoms with Gasteiger partial charge in [-0.1, -0.05) is 0 Å². The van der Waals surface area contributed by atoms with Crippen molar-refractivity contribution in [1.82, 2.24) is 20.4 Å². The summed E-state index contributed by atoms with van der Waals surface area (Å²) in [7, 11) is 1.64. The molecule has 6 heteroatoms. The van der Waals surface area contributed by atoms with Gasteiger partial charge in [-0.05, 0) is 41.5 Å². The first kappa shape index (κ1) is 16.2. The summed E-state index contributed by atoms with van der Waals surface area (Å²) in [5.41, 5.74) is -0.0853. The monoisotopic (exact) mass is 280 g/mol. The number of carbonyl (C=O) groups excluding carboxylic acids is 2. The number of amides is 2. The van der Waals surface area contributed by atoms with E-state index in [1.165, 1.54) is 10.7 Å². The van der Waals surface area contributed by atoms with E-state index in [0.717, 1.165) is 0 Å². The van der Waals surface area contributed by atoms with Crippen molar-refractivity contribution < 1.29 is 9.59 Å². The molecule has 0 radical (unpaired) electrons. The molecule has 0 aromatic carbocycles. The van der Waals surface area contributed by atoms with Crippen molar-refractivity contribution in [3.8, 4) is 0 Å². The molecule has 6 nitrogen and oxygen atoms in total. The van der Waals surface area contributed by atoms with Crippen molar-refractivity contribution in [2.45, 2.75) is 52.6 Å². The van der Waals surface area contributed by atoms with Gasteiger partial charge >= 0.3 is 0 Å². The van der Waals surface area contributed by atoms with Crippen molar-refractivity contribution in [1.29, 1.82) is 0 Å². The number of aromatic nitrogens is 2. The van der Waals surface area contributed by atoms with Gasteiger partial charge in [0.05, 0.1) is 0 Å². The van der Waals surface area contributed by atoms with Gasteiger partial charge in [0.2, 0.25) is 0 Å². The third-order valence-electron chi connectivity index (χ3n) is 2.32. The van der Waals surface area contributed by atoms with E-state index < -0.39 is 0 Å². The summed E-state index contributed by atoms with van der Waals surface area (Å²) in [4.78, 5) is 24.1. The molecule has 0 atom stereocenters. The Morgan fingerprint density at radius 1 is 1.00 bits per heavy atom. The van der Waals surface area contributed by atoms with Crippen LogP contribution in [0.4, 0.5) is 0 Å². The topological polar surface area (TPSA) is 76.0 Å². The molecule has 1 aromatic rings. The van der Waals surface area contributed by atoms with Gasteiger partial charge in [0, 0.05) is 24.2 Å². The van der Waals surface area contributed by atoms with Crippen molar-refractivity contribution in [3.05, 3.63) is 17.5 Å². The number of nitrogens with zero attached hydrogens (tertiary/aromatic N) is 2. The minimum atomic E-state index is -0.345. The van der Waals surface area contributed by atoms with Crippen molar-refractivity contribution >= 4 is 11.8 Å².